The van der Waals surface area contributed by atoms with E-state index in [0.717, 1.165) is 23.8 Å². The Bertz CT molecular complexity index is 210. The highest BCUT2D eigenvalue weighted by Gasteiger charge is 2.42. The van der Waals surface area contributed by atoms with Crippen LogP contribution in [0.15, 0.2) is 0 Å². The summed E-state index contributed by atoms with van der Waals surface area (Å²) < 4.78 is 0. The molecule has 0 aromatic heterocycles. The molecule has 2 heterocycles. The highest BCUT2D eigenvalue weighted by Crippen LogP contribution is 2.35. The summed E-state index contributed by atoms with van der Waals surface area (Å²) in [7, 11) is 0. The molecule has 0 spiro atoms. The van der Waals surface area contributed by atoms with E-state index in [9.17, 15) is 0 Å². The number of fused-ring (bicyclic) bond motifs is 1. The van der Waals surface area contributed by atoms with Gasteiger partial charge in [0.15, 0.2) is 0 Å². The van der Waals surface area contributed by atoms with Crippen LogP contribution in [0.2, 0.25) is 0 Å². The van der Waals surface area contributed by atoms with E-state index in [1.54, 1.807) is 0 Å². The Morgan fingerprint density at radius 1 is 1.29 bits per heavy atom. The van der Waals surface area contributed by atoms with Gasteiger partial charge in [-0.3, -0.25) is 4.90 Å². The predicted octanol–water partition coefficient (Wildman–Crippen LogP) is 1.33. The van der Waals surface area contributed by atoms with Gasteiger partial charge in [-0.2, -0.15) is 0 Å². The minimum Gasteiger partial charge on any atom is -0.316 e. The van der Waals surface area contributed by atoms with Gasteiger partial charge in [0.1, 0.15) is 0 Å². The van der Waals surface area contributed by atoms with Gasteiger partial charge < -0.3 is 5.32 Å². The summed E-state index contributed by atoms with van der Waals surface area (Å²) in [6.45, 7) is 7.75. The third kappa shape index (κ3) is 1.40. The molecule has 0 bridgehead atoms. The second-order valence-electron chi connectivity index (χ2n) is 5.57. The largest absolute Gasteiger partial charge is 0.316 e. The molecule has 1 N–H and O–H groups in total. The van der Waals surface area contributed by atoms with Crippen LogP contribution >= 0.6 is 0 Å². The van der Waals surface area contributed by atoms with Crippen LogP contribution in [0.5, 0.6) is 0 Å². The van der Waals surface area contributed by atoms with Gasteiger partial charge in [-0.05, 0) is 50.6 Å². The Morgan fingerprint density at radius 2 is 2.14 bits per heavy atom. The predicted molar refractivity (Wildman–Crippen MR) is 58.2 cm³/mol. The van der Waals surface area contributed by atoms with Crippen molar-refractivity contribution in [1.82, 2.24) is 10.2 Å². The van der Waals surface area contributed by atoms with E-state index < -0.39 is 0 Å². The van der Waals surface area contributed by atoms with Crippen LogP contribution in [-0.4, -0.2) is 37.1 Å². The lowest BCUT2D eigenvalue weighted by atomic mass is 9.85. The summed E-state index contributed by atoms with van der Waals surface area (Å²) in [6, 6.07) is 0.843. The van der Waals surface area contributed by atoms with Gasteiger partial charge in [-0.15, -0.1) is 0 Å². The average Bonchev–Trinajstić information content (AvgIpc) is 2.63. The van der Waals surface area contributed by atoms with Crippen LogP contribution in [0.4, 0.5) is 0 Å². The van der Waals surface area contributed by atoms with Gasteiger partial charge in [0.25, 0.3) is 0 Å². The Labute approximate surface area is 87.0 Å². The average molecular weight is 194 g/mol. The minimum atomic E-state index is 0.843. The van der Waals surface area contributed by atoms with Crippen molar-refractivity contribution < 1.29 is 0 Å². The highest BCUT2D eigenvalue weighted by molar-refractivity contribution is 4.97. The van der Waals surface area contributed by atoms with Crippen molar-refractivity contribution in [3.63, 3.8) is 0 Å². The topological polar surface area (TPSA) is 15.3 Å². The summed E-state index contributed by atoms with van der Waals surface area (Å²) in [5.41, 5.74) is 0. The molecule has 80 valence electrons. The molecule has 0 amide bonds. The molecule has 2 nitrogen and oxygen atoms in total. The molecule has 3 unspecified atom stereocenters. The van der Waals surface area contributed by atoms with E-state index in [4.69, 9.17) is 0 Å². The van der Waals surface area contributed by atoms with E-state index in [-0.39, 0.29) is 0 Å². The van der Waals surface area contributed by atoms with Gasteiger partial charge in [0.05, 0.1) is 0 Å². The number of rotatable bonds is 2. The monoisotopic (exact) mass is 194 g/mol. The zero-order valence-electron chi connectivity index (χ0n) is 9.21. The fraction of sp³-hybridized carbons (Fsp3) is 1.00. The first-order valence-electron chi connectivity index (χ1n) is 6.29. The van der Waals surface area contributed by atoms with Crippen LogP contribution in [0.1, 0.15) is 26.2 Å². The van der Waals surface area contributed by atoms with Crippen molar-refractivity contribution in [2.45, 2.75) is 32.2 Å². The molecule has 2 heteroatoms. The Balaban J connectivity index is 1.59. The van der Waals surface area contributed by atoms with Crippen LogP contribution in [0.25, 0.3) is 0 Å². The van der Waals surface area contributed by atoms with Crippen molar-refractivity contribution in [2.24, 2.45) is 17.8 Å². The number of hydrogen-bond donors (Lipinski definition) is 1. The van der Waals surface area contributed by atoms with Crippen molar-refractivity contribution in [3.8, 4) is 0 Å². The molecule has 3 aliphatic rings. The summed E-state index contributed by atoms with van der Waals surface area (Å²) in [5.74, 6) is 2.96. The first kappa shape index (κ1) is 9.17. The molecule has 0 aromatic carbocycles. The number of nitrogens with zero attached hydrogens (tertiary/aromatic N) is 1. The summed E-state index contributed by atoms with van der Waals surface area (Å²) in [6.07, 6.45) is 4.48. The zero-order chi connectivity index (χ0) is 9.54. The summed E-state index contributed by atoms with van der Waals surface area (Å²) in [5, 5.41) is 3.53. The molecule has 3 rings (SSSR count). The van der Waals surface area contributed by atoms with Crippen molar-refractivity contribution in [2.75, 3.05) is 26.2 Å². The molecule has 3 fully saturated rings. The number of hydrogen-bond acceptors (Lipinski definition) is 2. The van der Waals surface area contributed by atoms with E-state index in [1.165, 1.54) is 45.4 Å². The third-order valence-electron chi connectivity index (χ3n) is 4.77. The Kier molecular flexibility index (Phi) is 2.29. The molecule has 2 saturated heterocycles. The lowest BCUT2D eigenvalue weighted by molar-refractivity contribution is 0.160. The number of likely N-dealkylation sites (tertiary alicyclic amines) is 1. The molecule has 1 aliphatic carbocycles. The molecular weight excluding hydrogens is 172 g/mol. The molecule has 1 saturated carbocycles. The van der Waals surface area contributed by atoms with Gasteiger partial charge in [-0.25, -0.2) is 0 Å². The smallest absolute Gasteiger partial charge is 0.0111 e. The van der Waals surface area contributed by atoms with Crippen LogP contribution < -0.4 is 5.32 Å². The molecule has 0 radical (unpaired) electrons. The number of nitrogens with one attached hydrogen (secondary N) is 1. The quantitative estimate of drug-likeness (QED) is 0.713. The highest BCUT2D eigenvalue weighted by atomic mass is 15.2. The van der Waals surface area contributed by atoms with Gasteiger partial charge in [-0.1, -0.05) is 6.42 Å². The summed E-state index contributed by atoms with van der Waals surface area (Å²) >= 11 is 0. The van der Waals surface area contributed by atoms with E-state index in [0.29, 0.717) is 0 Å². The molecule has 14 heavy (non-hydrogen) atoms. The van der Waals surface area contributed by atoms with Crippen molar-refractivity contribution in [3.05, 3.63) is 0 Å². The lowest BCUT2D eigenvalue weighted by Crippen LogP contribution is -2.38. The Morgan fingerprint density at radius 3 is 2.79 bits per heavy atom. The molecule has 0 aromatic rings. The molecule has 3 atom stereocenters. The first-order chi connectivity index (χ1) is 6.84. The zero-order valence-corrected chi connectivity index (χ0v) is 9.21. The van der Waals surface area contributed by atoms with Crippen molar-refractivity contribution >= 4 is 0 Å². The van der Waals surface area contributed by atoms with E-state index >= 15 is 0 Å². The van der Waals surface area contributed by atoms with Crippen LogP contribution in [-0.2, 0) is 0 Å². The minimum absolute atomic E-state index is 0.843. The maximum Gasteiger partial charge on any atom is 0.0111 e. The van der Waals surface area contributed by atoms with E-state index in [2.05, 4.69) is 17.1 Å². The fourth-order valence-electron chi connectivity index (χ4n) is 3.50. The summed E-state index contributed by atoms with van der Waals surface area (Å²) in [4.78, 5) is 2.76. The second kappa shape index (κ2) is 3.49. The van der Waals surface area contributed by atoms with Gasteiger partial charge in [0, 0.05) is 19.1 Å². The SMILES string of the molecule is CC1C2CNCC2CN1CC1CCC1. The standard InChI is InChI=1S/C12H22N2/c1-9-12-6-13-5-11(12)8-14(9)7-10-3-2-4-10/h9-13H,2-8H2,1H3. The van der Waals surface area contributed by atoms with Gasteiger partial charge >= 0.3 is 0 Å². The van der Waals surface area contributed by atoms with Crippen LogP contribution in [0, 0.1) is 17.8 Å². The van der Waals surface area contributed by atoms with Crippen LogP contribution in [0.3, 0.4) is 0 Å². The second-order valence-corrected chi connectivity index (χ2v) is 5.57. The Hall–Kier alpha value is -0.0800. The maximum absolute atomic E-state index is 3.53. The lowest BCUT2D eigenvalue weighted by Gasteiger charge is -2.33. The van der Waals surface area contributed by atoms with E-state index in [1.807, 2.05) is 0 Å². The first-order valence-corrected chi connectivity index (χ1v) is 6.29. The van der Waals surface area contributed by atoms with Gasteiger partial charge in [0.2, 0.25) is 0 Å². The van der Waals surface area contributed by atoms with Crippen molar-refractivity contribution in [1.29, 1.82) is 0 Å². The normalized spacial score (nSPS) is 43.9. The molecule has 2 aliphatic heterocycles. The molecular formula is C12H22N2. The maximum atomic E-state index is 3.53. The fourth-order valence-corrected chi connectivity index (χ4v) is 3.50. The third-order valence-corrected chi connectivity index (χ3v) is 4.77.